The summed E-state index contributed by atoms with van der Waals surface area (Å²) in [5, 5.41) is 82.7. The van der Waals surface area contributed by atoms with Crippen molar-refractivity contribution in [3.05, 3.63) is 372 Å². The van der Waals surface area contributed by atoms with Gasteiger partial charge >= 0.3 is 7.12 Å². The highest BCUT2D eigenvalue weighted by atomic mass is 79.9. The van der Waals surface area contributed by atoms with Crippen LogP contribution in [0.15, 0.2) is 316 Å². The number of fused-ring (bicyclic) bond motifs is 4. The van der Waals surface area contributed by atoms with Crippen LogP contribution < -0.4 is 40.8 Å². The minimum atomic E-state index is -1.46. The highest BCUT2D eigenvalue weighted by Crippen LogP contribution is 2.45. The number of anilines is 2. The number of nitrogens with zero attached hydrogens (tertiary/aromatic N) is 7. The second kappa shape index (κ2) is 51.3. The van der Waals surface area contributed by atoms with Crippen LogP contribution in [0, 0.1) is 43.5 Å². The molecule has 0 bridgehead atoms. The monoisotopic (exact) mass is 2150 g/mol. The zero-order valence-corrected chi connectivity index (χ0v) is 82.9. The Labute approximate surface area is 852 Å². The van der Waals surface area contributed by atoms with Gasteiger partial charge < -0.3 is 70.5 Å². The molecule has 0 atom stereocenters. The maximum atomic E-state index is 14.6. The number of nitrogen functional groups attached to an aromatic ring is 1. The van der Waals surface area contributed by atoms with Crippen LogP contribution in [0.25, 0.3) is 61.7 Å². The first kappa shape index (κ1) is 106. The summed E-state index contributed by atoms with van der Waals surface area (Å²) in [5.74, 6) is -0.446. The van der Waals surface area contributed by atoms with E-state index in [-0.39, 0.29) is 80.4 Å². The van der Waals surface area contributed by atoms with Gasteiger partial charge in [0.05, 0.1) is 88.4 Å². The Kier molecular flexibility index (Phi) is 38.3. The summed E-state index contributed by atoms with van der Waals surface area (Å²) in [4.78, 5) is 65.4. The number of carbonyl (C=O) groups excluding carboxylic acids is 2. The molecule has 0 saturated carbocycles. The van der Waals surface area contributed by atoms with Crippen molar-refractivity contribution in [3.63, 3.8) is 0 Å². The fourth-order valence-corrected chi connectivity index (χ4v) is 18.1. The number of rotatable bonds is 18. The number of aliphatic imine (C=N–C) groups is 1. The normalized spacial score (nSPS) is 11.0. The quantitative estimate of drug-likeness (QED) is 0.00733. The second-order valence-corrected chi connectivity index (χ2v) is 38.6. The lowest BCUT2D eigenvalue weighted by molar-refractivity contribution is -0.385. The number of isothiocyanates is 1. The number of nitro benzene ring substituents is 2. The van der Waals surface area contributed by atoms with Gasteiger partial charge in [0.15, 0.2) is 51.4 Å². The van der Waals surface area contributed by atoms with Gasteiger partial charge in [-0.1, -0.05) is 106 Å². The molecule has 2 amide bonds. The molecule has 8 aromatic heterocycles. The van der Waals surface area contributed by atoms with E-state index in [4.69, 9.17) is 61.9 Å². The number of halogens is 6. The number of ether oxygens (including phenoxy) is 5. The summed E-state index contributed by atoms with van der Waals surface area (Å²) in [6.07, 6.45) is 9.39. The summed E-state index contributed by atoms with van der Waals surface area (Å²) in [6.45, 7) is 8.46. The highest BCUT2D eigenvalue weighted by molar-refractivity contribution is 9.11. The number of thiophene rings is 4. The lowest BCUT2D eigenvalue weighted by Gasteiger charge is -2.18. The number of nitro groups is 2. The summed E-state index contributed by atoms with van der Waals surface area (Å²) in [7, 11) is -1.46. The van der Waals surface area contributed by atoms with Crippen LogP contribution in [0.4, 0.5) is 40.3 Å². The molecule has 0 unspecified atom stereocenters. The molecule has 722 valence electrons. The van der Waals surface area contributed by atoms with Crippen molar-refractivity contribution in [3.8, 4) is 89.9 Å². The third-order valence-electron chi connectivity index (χ3n) is 19.6. The van der Waals surface area contributed by atoms with Crippen molar-refractivity contribution < 1.29 is 91.2 Å². The number of benzene rings is 10. The van der Waals surface area contributed by atoms with Crippen molar-refractivity contribution in [1.29, 1.82) is 0 Å². The first-order valence-electron chi connectivity index (χ1n) is 42.4. The van der Waals surface area contributed by atoms with E-state index in [1.165, 1.54) is 137 Å². The Bertz CT molecular complexity index is 7480. The number of aromatic hydroxyl groups is 4. The number of nitrogens with two attached hydrogens (primary N) is 1. The summed E-state index contributed by atoms with van der Waals surface area (Å²) >= 11 is 22.0. The molecule has 142 heavy (non-hydrogen) atoms. The van der Waals surface area contributed by atoms with Crippen LogP contribution in [0.3, 0.4) is 0 Å². The lowest BCUT2D eigenvalue weighted by atomic mass is 9.80. The van der Waals surface area contributed by atoms with E-state index < -0.39 is 40.2 Å². The van der Waals surface area contributed by atoms with Gasteiger partial charge in [-0.25, -0.2) is 17.6 Å². The molecule has 1 aliphatic heterocycles. The molecule has 10 N–H and O–H groups in total. The largest absolute Gasteiger partial charge is 0.508 e. The zero-order valence-electron chi connectivity index (χ0n) is 74.8. The molecule has 19 rings (SSSR count). The van der Waals surface area contributed by atoms with Gasteiger partial charge in [0.2, 0.25) is 5.91 Å². The molecular weight excluding hydrogens is 2080 g/mol. The molecule has 18 aromatic rings. The third-order valence-corrected chi connectivity index (χ3v) is 25.6. The van der Waals surface area contributed by atoms with Gasteiger partial charge in [-0.2, -0.15) is 4.99 Å². The van der Waals surface area contributed by atoms with E-state index in [0.29, 0.717) is 57.5 Å². The van der Waals surface area contributed by atoms with Gasteiger partial charge in [0.25, 0.3) is 17.3 Å². The number of nitrogens with one attached hydrogen (secondary N) is 2. The number of phenolic OH excluding ortho intramolecular Hbond substituents is 4. The van der Waals surface area contributed by atoms with E-state index in [1.807, 2.05) is 114 Å². The van der Waals surface area contributed by atoms with Gasteiger partial charge in [-0.15, -0.1) is 45.3 Å². The number of non-ortho nitro benzene ring substituents is 2. The summed E-state index contributed by atoms with van der Waals surface area (Å²) in [5.41, 5.74) is 14.1. The molecule has 1 aliphatic rings. The summed E-state index contributed by atoms with van der Waals surface area (Å²) in [6, 6.07) is 74.8. The number of carbonyl (C=O) groups is 2. The average molecular weight is 2160 g/mol. The number of pyridine rings is 4. The topological polar surface area (TPSA) is 402 Å². The van der Waals surface area contributed by atoms with Crippen molar-refractivity contribution in [2.24, 2.45) is 4.99 Å². The van der Waals surface area contributed by atoms with E-state index in [1.54, 1.807) is 110 Å². The minimum absolute atomic E-state index is 0.0709. The van der Waals surface area contributed by atoms with E-state index in [9.17, 15) is 57.6 Å². The van der Waals surface area contributed by atoms with Crippen LogP contribution in [0.1, 0.15) is 50.3 Å². The van der Waals surface area contributed by atoms with Crippen LogP contribution in [-0.4, -0.2) is 103 Å². The number of thiocarbonyl (C=S) groups is 2. The minimum Gasteiger partial charge on any atom is -0.508 e. The van der Waals surface area contributed by atoms with Crippen LogP contribution in [0.2, 0.25) is 0 Å². The molecule has 10 aromatic carbocycles. The van der Waals surface area contributed by atoms with Crippen LogP contribution in [-0.2, 0) is 32.6 Å². The Morgan fingerprint density at radius 1 is 0.486 bits per heavy atom. The number of hydrogen-bond donors (Lipinski definition) is 9. The van der Waals surface area contributed by atoms with Crippen LogP contribution >= 0.6 is 102 Å². The molecule has 40 heteroatoms. The fourth-order valence-electron chi connectivity index (χ4n) is 12.7. The Balaban J connectivity index is 0.000000151. The maximum Gasteiger partial charge on any atom is 0.488 e. The average Bonchev–Trinajstić information content (AvgIpc) is 1.67. The zero-order chi connectivity index (χ0) is 102. The Morgan fingerprint density at radius 2 is 0.852 bits per heavy atom. The number of aromatic nitrogens is 4. The number of phenols is 4. The smallest absolute Gasteiger partial charge is 0.488 e. The summed E-state index contributed by atoms with van der Waals surface area (Å²) < 4.78 is 89.2. The van der Waals surface area contributed by atoms with Gasteiger partial charge in [-0.3, -0.25) is 49.8 Å². The Hall–Kier alpha value is -14.9. The number of hydrogen-bond acceptors (Lipinski definition) is 28. The maximum absolute atomic E-state index is 14.6. The standard InChI is InChI=1S/C22H15BrFN3O2S2.C19H11FN2O4S.C19H13FN2O2S.C13H6BrFN2O3S.C10H14O.C9H7NOS.C6H7BO3.C4H8O/c23-19-12-16-21(31-19)18(8-9-25-16)29-17-7-6-14(11-15(17)24)26-22(30)27-20(28)10-13-4-2-1-3-5-13;20-14-9-12(22(24)25)3-6-16(14)26-17-7-8-21-15-10-18(27-19(15)17)11-1-4-13(23)5-2-11;20-14-9-12(21)3-6-16(14)24-17-7-8-22-15-10-18(25-19(15)17)11-1-4-13(23)5-2-11;14-12-6-9-13(21-12)11(3-4-16-9)20-10-2-1-7(17(18)19)5-8(10)15;1-10(2,3)8-4-6-9(11)7-5-8;11-9(10-7-12)6-8-4-2-1-3-5-8;8-6-3-1-5(2-4-6)7(9)10;1-2-4-5-3-1/h1-9,11-12H,10H2,(H2,26,27,28,30);1-10,23H;1-10,23H,21H2;1-6H;4-7,11H,1-3H3;1-5H,6H2;1-4,8-10H;1-4H2. The van der Waals surface area contributed by atoms with Gasteiger partial charge in [-0.05, 0) is 241 Å². The molecule has 0 radical (unpaired) electrons. The fraction of sp³-hybridized carbons (Fsp3) is 0.0980. The second-order valence-electron chi connectivity index (χ2n) is 31.0. The van der Waals surface area contributed by atoms with Crippen molar-refractivity contribution in [1.82, 2.24) is 25.3 Å². The van der Waals surface area contributed by atoms with Crippen LogP contribution in [0.5, 0.6) is 69.0 Å². The molecule has 0 spiro atoms. The predicted molar refractivity (Wildman–Crippen MR) is 561 cm³/mol. The molecule has 9 heterocycles. The molecule has 1 fully saturated rings. The number of amides is 2. The molecule has 0 aliphatic carbocycles. The SMILES string of the molecule is C1CCOC1.CC(C)(C)c1ccc(O)cc1.Nc1ccc(Oc2ccnc3cc(-c4ccc(O)cc4)sc23)c(F)c1.O=C(Cc1ccccc1)N=C=S.O=C(Cc1ccccc1)NC(=S)Nc1ccc(Oc2ccnc3cc(Br)sc23)c(F)c1.O=[N+]([O-])c1ccc(Oc2ccnc3cc(-c4ccc(O)cc4)sc23)c(F)c1.O=[N+]([O-])c1ccc(Oc2ccnc3cc(Br)sc23)c(F)c1.OB(O)c1ccc(O)cc1. The molecular formula is C102H81BBr2F4N10O17S6. The first-order valence-corrected chi connectivity index (χ1v) is 48.0. The van der Waals surface area contributed by atoms with Gasteiger partial charge in [0, 0.05) is 108 Å². The highest BCUT2D eigenvalue weighted by Gasteiger charge is 2.22. The predicted octanol–water partition coefficient (Wildman–Crippen LogP) is 26.1. The van der Waals surface area contributed by atoms with Crippen molar-refractivity contribution in [2.75, 3.05) is 24.3 Å². The first-order chi connectivity index (χ1) is 68.1. The third kappa shape index (κ3) is 31.6. The van der Waals surface area contributed by atoms with Crippen molar-refractivity contribution in [2.45, 2.75) is 51.9 Å². The van der Waals surface area contributed by atoms with Gasteiger partial charge in [0.1, 0.15) is 46.0 Å². The molecule has 27 nitrogen and oxygen atoms in total. The molecule has 1 saturated heterocycles. The lowest BCUT2D eigenvalue weighted by Crippen LogP contribution is -2.35. The van der Waals surface area contributed by atoms with E-state index in [2.05, 4.69) is 100 Å². The van der Waals surface area contributed by atoms with E-state index in [0.717, 1.165) is 100 Å². The van der Waals surface area contributed by atoms with E-state index >= 15 is 0 Å². The Morgan fingerprint density at radius 3 is 1.22 bits per heavy atom. The van der Waals surface area contributed by atoms with Crippen molar-refractivity contribution >= 4 is 200 Å².